The monoisotopic (exact) mass is 475 g/mol. The zero-order valence-electron chi connectivity index (χ0n) is 19.0. The van der Waals surface area contributed by atoms with E-state index in [-0.39, 0.29) is 18.4 Å². The first-order valence-corrected chi connectivity index (χ1v) is 11.9. The van der Waals surface area contributed by atoms with Crippen molar-refractivity contribution in [1.82, 2.24) is 5.32 Å². The lowest BCUT2D eigenvalue weighted by atomic mass is 10.1. The fourth-order valence-electron chi connectivity index (χ4n) is 2.99. The van der Waals surface area contributed by atoms with E-state index in [0.717, 1.165) is 18.9 Å². The van der Waals surface area contributed by atoms with Gasteiger partial charge in [-0.05, 0) is 44.7 Å². The summed E-state index contributed by atoms with van der Waals surface area (Å²) in [6, 6.07) is 3.84. The molecule has 1 aliphatic rings. The lowest BCUT2D eigenvalue weighted by Crippen LogP contribution is -2.38. The zero-order valence-corrected chi connectivity index (χ0v) is 19.8. The molecule has 1 aromatic carbocycles. The third-order valence-corrected chi connectivity index (χ3v) is 5.31. The summed E-state index contributed by atoms with van der Waals surface area (Å²) in [6.07, 6.45) is 1.30. The van der Waals surface area contributed by atoms with Crippen LogP contribution in [-0.4, -0.2) is 55.7 Å². The third-order valence-electron chi connectivity index (χ3n) is 4.61. The van der Waals surface area contributed by atoms with Gasteiger partial charge in [-0.3, -0.25) is 5.32 Å². The van der Waals surface area contributed by atoms with Crippen molar-refractivity contribution < 1.29 is 27.4 Å². The molecular formula is C22H32F3N3O3S. The fraction of sp³-hybridized carbons (Fsp3) is 0.636. The lowest BCUT2D eigenvalue weighted by Gasteiger charge is -2.16. The third kappa shape index (κ3) is 8.73. The highest BCUT2D eigenvalue weighted by Crippen LogP contribution is 2.37. The second-order valence-electron chi connectivity index (χ2n) is 7.82. The molecule has 1 fully saturated rings. The van der Waals surface area contributed by atoms with Crippen LogP contribution in [0.1, 0.15) is 51.2 Å². The van der Waals surface area contributed by atoms with Crippen LogP contribution in [0, 0.1) is 0 Å². The molecule has 10 heteroatoms. The Morgan fingerprint density at radius 2 is 2.03 bits per heavy atom. The van der Waals surface area contributed by atoms with E-state index in [0.29, 0.717) is 36.8 Å². The van der Waals surface area contributed by atoms with Gasteiger partial charge in [0.05, 0.1) is 24.8 Å². The number of benzene rings is 1. The van der Waals surface area contributed by atoms with Gasteiger partial charge in [-0.2, -0.15) is 18.3 Å². The molecule has 180 valence electrons. The predicted octanol–water partition coefficient (Wildman–Crippen LogP) is 5.11. The molecule has 1 unspecified atom stereocenters. The van der Waals surface area contributed by atoms with Crippen LogP contribution >= 0.6 is 11.8 Å². The number of thioether (sulfide) groups is 1. The quantitative estimate of drug-likeness (QED) is 0.209. The molecule has 1 saturated heterocycles. The largest absolute Gasteiger partial charge is 0.493 e. The molecule has 0 spiro atoms. The number of rotatable bonds is 11. The van der Waals surface area contributed by atoms with Crippen molar-refractivity contribution in [3.05, 3.63) is 29.3 Å². The van der Waals surface area contributed by atoms with E-state index >= 15 is 0 Å². The standard InChI is InChI=1S/C22H32F3N3O3S/c1-5-6-10-29-11-7-12-30-19-9-8-16(13-18(19)22(23,24)25)20(32-4)28-26-14-17-15-31-21(2,3)27-17/h8-9,13-14,17,27H,5-7,10-12,15H2,1-4H3/b26-14+,28-20-. The summed E-state index contributed by atoms with van der Waals surface area (Å²) < 4.78 is 57.3. The Labute approximate surface area is 192 Å². The molecule has 1 heterocycles. The first kappa shape index (κ1) is 26.6. The van der Waals surface area contributed by atoms with Crippen molar-refractivity contribution in [3.63, 3.8) is 0 Å². The second-order valence-corrected chi connectivity index (χ2v) is 8.62. The van der Waals surface area contributed by atoms with Gasteiger partial charge < -0.3 is 14.2 Å². The van der Waals surface area contributed by atoms with Crippen molar-refractivity contribution in [3.8, 4) is 5.75 Å². The van der Waals surface area contributed by atoms with Crippen LogP contribution in [0.15, 0.2) is 28.4 Å². The van der Waals surface area contributed by atoms with Crippen molar-refractivity contribution >= 4 is 23.0 Å². The number of halogens is 3. The predicted molar refractivity (Wildman–Crippen MR) is 123 cm³/mol. The highest BCUT2D eigenvalue weighted by Gasteiger charge is 2.35. The molecule has 1 N–H and O–H groups in total. The molecule has 1 atom stereocenters. The minimum atomic E-state index is -4.55. The Bertz CT molecular complexity index is 785. The number of nitrogens with zero attached hydrogens (tertiary/aromatic N) is 2. The highest BCUT2D eigenvalue weighted by atomic mass is 32.2. The average molecular weight is 476 g/mol. The Morgan fingerprint density at radius 3 is 2.66 bits per heavy atom. The van der Waals surface area contributed by atoms with Crippen molar-refractivity contribution in [1.29, 1.82) is 0 Å². The van der Waals surface area contributed by atoms with E-state index in [4.69, 9.17) is 14.2 Å². The summed E-state index contributed by atoms with van der Waals surface area (Å²) in [7, 11) is 0. The number of unbranched alkanes of at least 4 members (excludes halogenated alkanes) is 1. The van der Waals surface area contributed by atoms with E-state index in [1.165, 1.54) is 17.8 Å². The molecule has 1 aromatic rings. The van der Waals surface area contributed by atoms with Gasteiger partial charge in [0.2, 0.25) is 0 Å². The van der Waals surface area contributed by atoms with Gasteiger partial charge in [0, 0.05) is 31.4 Å². The SMILES string of the molecule is CCCCOCCCOc1ccc(/C(=N/N=C/C2COC(C)(C)N2)SC)cc1C(F)(F)F. The number of alkyl halides is 3. The van der Waals surface area contributed by atoms with Gasteiger partial charge in [0.25, 0.3) is 0 Å². The summed E-state index contributed by atoms with van der Waals surface area (Å²) in [5, 5.41) is 11.8. The molecule has 1 aliphatic heterocycles. The molecule has 32 heavy (non-hydrogen) atoms. The number of hydrogen-bond acceptors (Lipinski definition) is 7. The summed E-state index contributed by atoms with van der Waals surface area (Å²) in [4.78, 5) is 0. The van der Waals surface area contributed by atoms with Crippen LogP contribution in [0.4, 0.5) is 13.2 Å². The molecule has 0 radical (unpaired) electrons. The Hall–Kier alpha value is -1.62. The summed E-state index contributed by atoms with van der Waals surface area (Å²) in [6.45, 7) is 7.58. The van der Waals surface area contributed by atoms with Gasteiger partial charge in [-0.15, -0.1) is 16.9 Å². The normalized spacial score (nSPS) is 19.1. The van der Waals surface area contributed by atoms with E-state index < -0.39 is 17.5 Å². The molecule has 0 aliphatic carbocycles. The second kappa shape index (κ2) is 12.6. The summed E-state index contributed by atoms with van der Waals surface area (Å²) >= 11 is 1.22. The Morgan fingerprint density at radius 1 is 1.28 bits per heavy atom. The minimum Gasteiger partial charge on any atom is -0.493 e. The van der Waals surface area contributed by atoms with Crippen molar-refractivity contribution in [2.24, 2.45) is 10.2 Å². The number of nitrogens with one attached hydrogen (secondary N) is 1. The fourth-order valence-corrected chi connectivity index (χ4v) is 3.48. The molecule has 0 bridgehead atoms. The maximum atomic E-state index is 13.6. The smallest absolute Gasteiger partial charge is 0.419 e. The molecule has 0 saturated carbocycles. The van der Waals surface area contributed by atoms with E-state index in [9.17, 15) is 13.2 Å². The van der Waals surface area contributed by atoms with Gasteiger partial charge in [0.1, 0.15) is 16.5 Å². The van der Waals surface area contributed by atoms with Gasteiger partial charge in [-0.25, -0.2) is 0 Å². The highest BCUT2D eigenvalue weighted by molar-refractivity contribution is 8.13. The van der Waals surface area contributed by atoms with E-state index in [1.807, 2.05) is 13.8 Å². The molecule has 0 aromatic heterocycles. The van der Waals surface area contributed by atoms with Crippen molar-refractivity contribution in [2.45, 2.75) is 58.0 Å². The molecular weight excluding hydrogens is 443 g/mol. The van der Waals surface area contributed by atoms with Crippen LogP contribution < -0.4 is 10.1 Å². The summed E-state index contributed by atoms with van der Waals surface area (Å²) in [5.41, 5.74) is -0.949. The average Bonchev–Trinajstić information content (AvgIpc) is 3.08. The van der Waals surface area contributed by atoms with Crippen LogP contribution in [0.2, 0.25) is 0 Å². The van der Waals surface area contributed by atoms with E-state index in [2.05, 4.69) is 22.4 Å². The zero-order chi connectivity index (χ0) is 23.6. The lowest BCUT2D eigenvalue weighted by molar-refractivity contribution is -0.139. The Balaban J connectivity index is 2.05. The maximum Gasteiger partial charge on any atom is 0.419 e. The van der Waals surface area contributed by atoms with Crippen LogP contribution in [0.5, 0.6) is 5.75 Å². The van der Waals surface area contributed by atoms with Gasteiger partial charge in [-0.1, -0.05) is 13.3 Å². The maximum absolute atomic E-state index is 13.6. The molecule has 2 rings (SSSR count). The summed E-state index contributed by atoms with van der Waals surface area (Å²) in [5.74, 6) is -0.201. The van der Waals surface area contributed by atoms with Crippen molar-refractivity contribution in [2.75, 3.05) is 32.7 Å². The Kier molecular flexibility index (Phi) is 10.5. The van der Waals surface area contributed by atoms with Crippen LogP contribution in [-0.2, 0) is 15.7 Å². The minimum absolute atomic E-state index is 0.107. The van der Waals surface area contributed by atoms with Crippen LogP contribution in [0.3, 0.4) is 0 Å². The molecule has 6 nitrogen and oxygen atoms in total. The van der Waals surface area contributed by atoms with Gasteiger partial charge >= 0.3 is 6.18 Å². The van der Waals surface area contributed by atoms with E-state index in [1.54, 1.807) is 18.5 Å². The van der Waals surface area contributed by atoms with Gasteiger partial charge in [0.15, 0.2) is 0 Å². The number of ether oxygens (including phenoxy) is 3. The molecule has 0 amide bonds. The number of hydrogen-bond donors (Lipinski definition) is 1. The first-order valence-electron chi connectivity index (χ1n) is 10.6. The topological polar surface area (TPSA) is 64.4 Å². The van der Waals surface area contributed by atoms with Crippen LogP contribution in [0.25, 0.3) is 0 Å². The first-order chi connectivity index (χ1) is 15.2.